The van der Waals surface area contributed by atoms with E-state index in [4.69, 9.17) is 18.9 Å². The predicted octanol–water partition coefficient (Wildman–Crippen LogP) is 7.21. The topological polar surface area (TPSA) is 95.1 Å². The number of carbonyl (C=O) groups excluding carboxylic acids is 2. The minimum atomic E-state index is -0.515. The van der Waals surface area contributed by atoms with E-state index in [-0.39, 0.29) is 12.8 Å². The molecule has 2 N–H and O–H groups in total. The number of carbonyl (C=O) groups is 2. The molecular weight excluding hydrogens is 556 g/mol. The van der Waals surface area contributed by atoms with Crippen molar-refractivity contribution in [3.8, 4) is 33.8 Å². The molecule has 0 spiro atoms. The number of methoxy groups -OCH3 is 4. The summed E-state index contributed by atoms with van der Waals surface area (Å²) in [6.45, 7) is 0. The zero-order chi connectivity index (χ0) is 31.1. The number of allylic oxidation sites excluding steroid dienone is 2. The van der Waals surface area contributed by atoms with E-state index in [1.54, 1.807) is 14.2 Å². The highest BCUT2D eigenvalue weighted by Gasteiger charge is 2.30. The monoisotopic (exact) mass is 590 g/mol. The van der Waals surface area contributed by atoms with Crippen molar-refractivity contribution in [1.29, 1.82) is 0 Å². The fourth-order valence-electron chi connectivity index (χ4n) is 5.21. The van der Waals surface area contributed by atoms with Gasteiger partial charge in [-0.15, -0.1) is 0 Å². The third-order valence-electron chi connectivity index (χ3n) is 7.48. The smallest absolute Gasteiger partial charge is 0.335 e. The van der Waals surface area contributed by atoms with Gasteiger partial charge in [0, 0.05) is 24.2 Å². The molecule has 44 heavy (non-hydrogen) atoms. The van der Waals surface area contributed by atoms with Crippen LogP contribution in [0.25, 0.3) is 22.3 Å². The van der Waals surface area contributed by atoms with Gasteiger partial charge in [-0.1, -0.05) is 72.8 Å². The van der Waals surface area contributed by atoms with Gasteiger partial charge < -0.3 is 29.6 Å². The maximum Gasteiger partial charge on any atom is 0.335 e. The highest BCUT2D eigenvalue weighted by atomic mass is 16.5. The zero-order valence-electron chi connectivity index (χ0n) is 25.1. The number of esters is 2. The average Bonchev–Trinajstić information content (AvgIpc) is 3.08. The summed E-state index contributed by atoms with van der Waals surface area (Å²) in [6, 6.07) is 31.4. The van der Waals surface area contributed by atoms with Crippen molar-refractivity contribution >= 4 is 23.3 Å². The summed E-state index contributed by atoms with van der Waals surface area (Å²) < 4.78 is 21.7. The minimum absolute atomic E-state index is 0.0822. The molecule has 4 aromatic rings. The Kier molecular flexibility index (Phi) is 9.30. The Hall–Kier alpha value is -5.50. The second kappa shape index (κ2) is 13.6. The van der Waals surface area contributed by atoms with E-state index in [2.05, 4.69) is 10.6 Å². The molecule has 0 saturated carbocycles. The van der Waals surface area contributed by atoms with Crippen LogP contribution < -0.4 is 20.1 Å². The molecule has 0 unspecified atom stereocenters. The Morgan fingerprint density at radius 1 is 0.523 bits per heavy atom. The van der Waals surface area contributed by atoms with Gasteiger partial charge in [0.1, 0.15) is 11.5 Å². The Morgan fingerprint density at radius 2 is 0.909 bits per heavy atom. The minimum Gasteiger partial charge on any atom is -0.495 e. The molecule has 0 fully saturated rings. The van der Waals surface area contributed by atoms with Crippen molar-refractivity contribution in [3.63, 3.8) is 0 Å². The SMILES string of the molecule is COC(=O)C1=C(Nc2cc(-c3ccccc3)ccc2OC)CC(C(=O)OC)=C(Nc2cc(-c3ccccc3)ccc2OC)C1. The molecular formula is C36H34N2O6. The Balaban J connectivity index is 1.54. The van der Waals surface area contributed by atoms with Gasteiger partial charge in [0.25, 0.3) is 0 Å². The summed E-state index contributed by atoms with van der Waals surface area (Å²) in [5, 5.41) is 6.76. The molecule has 224 valence electrons. The van der Waals surface area contributed by atoms with Crippen LogP contribution in [0, 0.1) is 0 Å². The van der Waals surface area contributed by atoms with E-state index < -0.39 is 11.9 Å². The second-order valence-electron chi connectivity index (χ2n) is 10.1. The number of hydrogen-bond acceptors (Lipinski definition) is 8. The van der Waals surface area contributed by atoms with Crippen LogP contribution in [-0.4, -0.2) is 40.4 Å². The highest BCUT2D eigenvalue weighted by molar-refractivity contribution is 5.97. The molecule has 0 amide bonds. The lowest BCUT2D eigenvalue weighted by Crippen LogP contribution is -2.24. The number of ether oxygens (including phenoxy) is 4. The first-order chi connectivity index (χ1) is 21.4. The molecule has 4 aromatic carbocycles. The molecule has 8 heteroatoms. The normalized spacial score (nSPS) is 12.8. The number of rotatable bonds is 10. The predicted molar refractivity (Wildman–Crippen MR) is 171 cm³/mol. The number of benzene rings is 4. The molecule has 0 saturated heterocycles. The van der Waals surface area contributed by atoms with Crippen molar-refractivity contribution in [2.75, 3.05) is 39.1 Å². The first-order valence-corrected chi connectivity index (χ1v) is 14.1. The van der Waals surface area contributed by atoms with Crippen LogP contribution in [0.4, 0.5) is 11.4 Å². The largest absolute Gasteiger partial charge is 0.495 e. The maximum absolute atomic E-state index is 13.2. The van der Waals surface area contributed by atoms with Gasteiger partial charge in [0.15, 0.2) is 0 Å². The molecule has 0 heterocycles. The lowest BCUT2D eigenvalue weighted by atomic mass is 9.92. The summed E-state index contributed by atoms with van der Waals surface area (Å²) >= 11 is 0. The van der Waals surface area contributed by atoms with Crippen LogP contribution in [0.15, 0.2) is 120 Å². The standard InChI is InChI=1S/C36H34N2O6/c1-41-33-17-15-25(23-11-7-5-8-12-23)19-31(33)37-29-21-28(36(40)44-4)30(22-27(29)35(39)43-3)38-32-20-26(16-18-34(32)42-2)24-13-9-6-10-14-24/h5-20,37-38H,21-22H2,1-4H3. The van der Waals surface area contributed by atoms with E-state index in [0.29, 0.717) is 45.4 Å². The van der Waals surface area contributed by atoms with E-state index in [1.165, 1.54) is 14.2 Å². The first-order valence-electron chi connectivity index (χ1n) is 14.1. The molecule has 0 radical (unpaired) electrons. The van der Waals surface area contributed by atoms with Crippen LogP contribution in [0.5, 0.6) is 11.5 Å². The van der Waals surface area contributed by atoms with Crippen LogP contribution >= 0.6 is 0 Å². The average molecular weight is 591 g/mol. The summed E-state index contributed by atoms with van der Waals surface area (Å²) in [6.07, 6.45) is 0.164. The lowest BCUT2D eigenvalue weighted by Gasteiger charge is -2.27. The van der Waals surface area contributed by atoms with Crippen molar-refractivity contribution < 1.29 is 28.5 Å². The number of hydrogen-bond donors (Lipinski definition) is 2. The number of nitrogens with one attached hydrogen (secondary N) is 2. The van der Waals surface area contributed by atoms with Crippen LogP contribution in [0.1, 0.15) is 12.8 Å². The quantitative estimate of drug-likeness (QED) is 0.187. The van der Waals surface area contributed by atoms with Gasteiger partial charge in [0.05, 0.1) is 51.0 Å². The van der Waals surface area contributed by atoms with Gasteiger partial charge >= 0.3 is 11.9 Å². The van der Waals surface area contributed by atoms with Gasteiger partial charge in [0.2, 0.25) is 0 Å². The van der Waals surface area contributed by atoms with Crippen LogP contribution in [-0.2, 0) is 19.1 Å². The van der Waals surface area contributed by atoms with Crippen molar-refractivity contribution in [2.24, 2.45) is 0 Å². The fraction of sp³-hybridized carbons (Fsp3) is 0.167. The van der Waals surface area contributed by atoms with E-state index in [9.17, 15) is 9.59 Å². The Morgan fingerprint density at radius 3 is 1.25 bits per heavy atom. The Bertz CT molecular complexity index is 1600. The summed E-state index contributed by atoms with van der Waals surface area (Å²) in [5.74, 6) is 0.130. The summed E-state index contributed by atoms with van der Waals surface area (Å²) in [4.78, 5) is 26.3. The molecule has 1 aliphatic rings. The van der Waals surface area contributed by atoms with Gasteiger partial charge in [-0.3, -0.25) is 0 Å². The molecule has 8 nitrogen and oxygen atoms in total. The van der Waals surface area contributed by atoms with Crippen molar-refractivity contribution in [1.82, 2.24) is 0 Å². The zero-order valence-corrected chi connectivity index (χ0v) is 25.1. The molecule has 0 aromatic heterocycles. The Labute approximate surface area is 256 Å². The summed E-state index contributed by atoms with van der Waals surface area (Å²) in [5.41, 5.74) is 7.01. The highest BCUT2D eigenvalue weighted by Crippen LogP contribution is 2.39. The molecule has 1 aliphatic carbocycles. The molecule has 0 aliphatic heterocycles. The van der Waals surface area contributed by atoms with Crippen molar-refractivity contribution in [3.05, 3.63) is 120 Å². The first kappa shape index (κ1) is 30.0. The van der Waals surface area contributed by atoms with Gasteiger partial charge in [-0.2, -0.15) is 0 Å². The maximum atomic E-state index is 13.2. The third kappa shape index (κ3) is 6.44. The van der Waals surface area contributed by atoms with Gasteiger partial charge in [-0.05, 0) is 46.5 Å². The fourth-order valence-corrected chi connectivity index (χ4v) is 5.21. The summed E-state index contributed by atoms with van der Waals surface area (Å²) in [7, 11) is 5.83. The third-order valence-corrected chi connectivity index (χ3v) is 7.48. The number of anilines is 2. The van der Waals surface area contributed by atoms with E-state index >= 15 is 0 Å². The molecule has 5 rings (SSSR count). The molecule has 0 bridgehead atoms. The van der Waals surface area contributed by atoms with Gasteiger partial charge in [-0.25, -0.2) is 9.59 Å². The van der Waals surface area contributed by atoms with Crippen LogP contribution in [0.3, 0.4) is 0 Å². The van der Waals surface area contributed by atoms with Crippen LogP contribution in [0.2, 0.25) is 0 Å². The molecule has 0 atom stereocenters. The lowest BCUT2D eigenvalue weighted by molar-refractivity contribution is -0.137. The second-order valence-corrected chi connectivity index (χ2v) is 10.1. The van der Waals surface area contributed by atoms with E-state index in [0.717, 1.165) is 22.3 Å². The van der Waals surface area contributed by atoms with Crippen molar-refractivity contribution in [2.45, 2.75) is 12.8 Å². The van der Waals surface area contributed by atoms with E-state index in [1.807, 2.05) is 97.1 Å².